The first-order chi connectivity index (χ1) is 15.8. The normalized spacial score (nSPS) is 11.8. The standard InChI is InChI=1S/C22H29N3O7S2.ClH/c1-17-14-22(25(10-12-31-33(3,27)28)11-13-32-34(4,29)30)9-8-19(17)16-23-20-6-5-7-21(15-20)24-18(2)26;/h5-9,14-16H,10-13H2,1-4H3,(H,24,26);1H. The molecule has 1 amide bonds. The Bertz CT molecular complexity index is 1210. The van der Waals surface area contributed by atoms with Crippen molar-refractivity contribution in [3.8, 4) is 0 Å². The van der Waals surface area contributed by atoms with E-state index < -0.39 is 20.2 Å². The van der Waals surface area contributed by atoms with Crippen LogP contribution in [-0.4, -0.2) is 67.8 Å². The number of rotatable bonds is 12. The van der Waals surface area contributed by atoms with Crippen molar-refractivity contribution >= 4 is 61.8 Å². The Morgan fingerprint density at radius 2 is 1.60 bits per heavy atom. The lowest BCUT2D eigenvalue weighted by atomic mass is 10.1. The fraction of sp³-hybridized carbons (Fsp3) is 0.364. The van der Waals surface area contributed by atoms with Crippen molar-refractivity contribution in [3.63, 3.8) is 0 Å². The summed E-state index contributed by atoms with van der Waals surface area (Å²) in [6, 6.07) is 12.7. The number of hydrogen-bond donors (Lipinski definition) is 1. The molecule has 2 aromatic carbocycles. The van der Waals surface area contributed by atoms with Crippen LogP contribution in [-0.2, 0) is 33.4 Å². The molecule has 0 radical (unpaired) electrons. The topological polar surface area (TPSA) is 131 Å². The average Bonchev–Trinajstić information content (AvgIpc) is 2.70. The Morgan fingerprint density at radius 1 is 1.00 bits per heavy atom. The molecule has 0 heterocycles. The van der Waals surface area contributed by atoms with Gasteiger partial charge in [-0.3, -0.25) is 18.2 Å². The number of hydrogen-bond acceptors (Lipinski definition) is 9. The number of carbonyl (C=O) groups excluding carboxylic acids is 1. The third-order valence-electron chi connectivity index (χ3n) is 4.45. The number of aliphatic imine (C=N–C) groups is 1. The molecule has 13 heteroatoms. The maximum absolute atomic E-state index is 11.3. The van der Waals surface area contributed by atoms with Gasteiger partial charge in [0.05, 0.1) is 31.4 Å². The molecule has 2 rings (SSSR count). The van der Waals surface area contributed by atoms with Crippen LogP contribution in [0.5, 0.6) is 0 Å². The average molecular weight is 548 g/mol. The van der Waals surface area contributed by atoms with Gasteiger partial charge < -0.3 is 10.2 Å². The van der Waals surface area contributed by atoms with E-state index in [1.807, 2.05) is 31.2 Å². The molecular formula is C22H30ClN3O7S2. The maximum Gasteiger partial charge on any atom is 0.264 e. The zero-order valence-corrected chi connectivity index (χ0v) is 22.4. The first kappa shape index (κ1) is 30.5. The van der Waals surface area contributed by atoms with Crippen LogP contribution >= 0.6 is 12.4 Å². The maximum atomic E-state index is 11.3. The molecule has 0 saturated carbocycles. The molecule has 0 atom stereocenters. The van der Waals surface area contributed by atoms with Gasteiger partial charge in [0.25, 0.3) is 20.2 Å². The predicted octanol–water partition coefficient (Wildman–Crippen LogP) is 2.88. The summed E-state index contributed by atoms with van der Waals surface area (Å²) in [6.45, 7) is 3.57. The number of amides is 1. The van der Waals surface area contributed by atoms with Crippen molar-refractivity contribution < 1.29 is 30.0 Å². The van der Waals surface area contributed by atoms with Gasteiger partial charge in [-0.2, -0.15) is 16.8 Å². The number of anilines is 2. The Kier molecular flexibility index (Phi) is 11.8. The van der Waals surface area contributed by atoms with Gasteiger partial charge in [0.2, 0.25) is 5.91 Å². The van der Waals surface area contributed by atoms with Crippen molar-refractivity contribution in [1.82, 2.24) is 0 Å². The Labute approximate surface area is 213 Å². The lowest BCUT2D eigenvalue weighted by molar-refractivity contribution is -0.114. The molecule has 0 bridgehead atoms. The van der Waals surface area contributed by atoms with Gasteiger partial charge in [-0.15, -0.1) is 12.4 Å². The molecule has 35 heavy (non-hydrogen) atoms. The van der Waals surface area contributed by atoms with Gasteiger partial charge in [-0.25, -0.2) is 0 Å². The summed E-state index contributed by atoms with van der Waals surface area (Å²) in [7, 11) is -7.20. The van der Waals surface area contributed by atoms with E-state index in [1.54, 1.807) is 29.3 Å². The van der Waals surface area contributed by atoms with E-state index in [1.165, 1.54) is 6.92 Å². The number of nitrogens with one attached hydrogen (secondary N) is 1. The second-order valence-corrected chi connectivity index (χ2v) is 10.9. The summed E-state index contributed by atoms with van der Waals surface area (Å²) in [5.74, 6) is -0.166. The number of aryl methyl sites for hydroxylation is 1. The highest BCUT2D eigenvalue weighted by Gasteiger charge is 2.12. The Morgan fingerprint density at radius 3 is 2.11 bits per heavy atom. The molecule has 0 aromatic heterocycles. The molecule has 0 fully saturated rings. The molecule has 0 aliphatic heterocycles. The van der Waals surface area contributed by atoms with Gasteiger partial charge in [0, 0.05) is 37.6 Å². The van der Waals surface area contributed by atoms with Crippen LogP contribution in [0.1, 0.15) is 18.1 Å². The van der Waals surface area contributed by atoms with E-state index in [9.17, 15) is 21.6 Å². The smallest absolute Gasteiger partial charge is 0.264 e. The van der Waals surface area contributed by atoms with Crippen LogP contribution in [0.4, 0.5) is 17.1 Å². The highest BCUT2D eigenvalue weighted by Crippen LogP contribution is 2.21. The molecule has 0 spiro atoms. The van der Waals surface area contributed by atoms with Crippen molar-refractivity contribution in [1.29, 1.82) is 0 Å². The molecule has 194 valence electrons. The Balaban J connectivity index is 0.00000612. The first-order valence-corrected chi connectivity index (χ1v) is 13.9. The molecule has 0 unspecified atom stereocenters. The minimum Gasteiger partial charge on any atom is -0.367 e. The summed E-state index contributed by atoms with van der Waals surface area (Å²) >= 11 is 0. The molecule has 0 saturated heterocycles. The second-order valence-electron chi connectivity index (χ2n) is 7.57. The van der Waals surface area contributed by atoms with E-state index in [2.05, 4.69) is 10.3 Å². The van der Waals surface area contributed by atoms with Crippen molar-refractivity contribution in [2.24, 2.45) is 4.99 Å². The number of carbonyl (C=O) groups is 1. The van der Waals surface area contributed by atoms with Crippen LogP contribution in [0, 0.1) is 6.92 Å². The SMILES string of the molecule is CC(=O)Nc1cccc(N=Cc2ccc(N(CCOS(C)(=O)=O)CCOS(C)(=O)=O)cc2C)c1.Cl. The quantitative estimate of drug-likeness (QED) is 0.317. The van der Waals surface area contributed by atoms with Gasteiger partial charge in [0.15, 0.2) is 0 Å². The van der Waals surface area contributed by atoms with Crippen LogP contribution in [0.15, 0.2) is 47.5 Å². The highest BCUT2D eigenvalue weighted by molar-refractivity contribution is 7.86. The van der Waals surface area contributed by atoms with Gasteiger partial charge in [0.1, 0.15) is 0 Å². The highest BCUT2D eigenvalue weighted by atomic mass is 35.5. The van der Waals surface area contributed by atoms with Crippen LogP contribution in [0.3, 0.4) is 0 Å². The van der Waals surface area contributed by atoms with Crippen molar-refractivity contribution in [2.45, 2.75) is 13.8 Å². The number of halogens is 1. The van der Waals surface area contributed by atoms with Crippen molar-refractivity contribution in [2.75, 3.05) is 49.0 Å². The van der Waals surface area contributed by atoms with Gasteiger partial charge in [-0.1, -0.05) is 12.1 Å². The fourth-order valence-corrected chi connectivity index (χ4v) is 3.73. The molecule has 2 aromatic rings. The number of nitrogens with zero attached hydrogens (tertiary/aromatic N) is 2. The molecular weight excluding hydrogens is 518 g/mol. The molecule has 0 aliphatic carbocycles. The van der Waals surface area contributed by atoms with Crippen molar-refractivity contribution in [3.05, 3.63) is 53.6 Å². The summed E-state index contributed by atoms with van der Waals surface area (Å²) in [4.78, 5) is 17.5. The zero-order valence-electron chi connectivity index (χ0n) is 19.9. The summed E-state index contributed by atoms with van der Waals surface area (Å²) in [6.07, 6.45) is 3.64. The van der Waals surface area contributed by atoms with E-state index in [-0.39, 0.29) is 44.6 Å². The summed E-state index contributed by atoms with van der Waals surface area (Å²) < 4.78 is 54.8. The molecule has 0 aliphatic rings. The lowest BCUT2D eigenvalue weighted by Gasteiger charge is -2.25. The van der Waals surface area contributed by atoms with E-state index in [0.29, 0.717) is 11.4 Å². The minimum atomic E-state index is -3.60. The second kappa shape index (κ2) is 13.5. The predicted molar refractivity (Wildman–Crippen MR) is 140 cm³/mol. The first-order valence-electron chi connectivity index (χ1n) is 10.3. The summed E-state index contributed by atoms with van der Waals surface area (Å²) in [5, 5.41) is 2.71. The monoisotopic (exact) mass is 547 g/mol. The van der Waals surface area contributed by atoms with Gasteiger partial charge >= 0.3 is 0 Å². The number of benzene rings is 2. The van der Waals surface area contributed by atoms with E-state index in [4.69, 9.17) is 8.37 Å². The molecule has 10 nitrogen and oxygen atoms in total. The minimum absolute atomic E-state index is 0. The third-order valence-corrected chi connectivity index (χ3v) is 5.64. The van der Waals surface area contributed by atoms with E-state index in [0.717, 1.165) is 29.3 Å². The largest absolute Gasteiger partial charge is 0.367 e. The zero-order chi connectivity index (χ0) is 25.4. The summed E-state index contributed by atoms with van der Waals surface area (Å²) in [5.41, 5.74) is 3.83. The Hall–Kier alpha value is -2.51. The fourth-order valence-electron chi connectivity index (χ4n) is 2.98. The van der Waals surface area contributed by atoms with Gasteiger partial charge in [-0.05, 0) is 48.4 Å². The van der Waals surface area contributed by atoms with Crippen LogP contribution < -0.4 is 10.2 Å². The van der Waals surface area contributed by atoms with E-state index >= 15 is 0 Å². The van der Waals surface area contributed by atoms with Crippen LogP contribution in [0.25, 0.3) is 0 Å². The lowest BCUT2D eigenvalue weighted by Crippen LogP contribution is -2.32. The molecule has 1 N–H and O–H groups in total. The van der Waals surface area contributed by atoms with Crippen LogP contribution in [0.2, 0.25) is 0 Å². The third kappa shape index (κ3) is 12.1.